The third kappa shape index (κ3) is 7.88. The first-order valence-electron chi connectivity index (χ1n) is 11.5. The highest BCUT2D eigenvalue weighted by atomic mass is 35.5. The van der Waals surface area contributed by atoms with Crippen molar-refractivity contribution in [3.63, 3.8) is 0 Å². The molecule has 1 aliphatic heterocycles. The second-order valence-corrected chi connectivity index (χ2v) is 8.60. The number of aryl methyl sites for hydroxylation is 1. The molecule has 1 aliphatic rings. The molecule has 1 aromatic carbocycles. The van der Waals surface area contributed by atoms with Gasteiger partial charge in [0.05, 0.1) is 39.8 Å². The molecule has 4 rings (SSSR count). The number of ether oxygens (including phenoxy) is 1. The zero-order valence-electron chi connectivity index (χ0n) is 22.6. The molecular formula is C28H31ClF2N5O3P. The number of nitrogens with one attached hydrogen (secondary N) is 3. The molecular weight excluding hydrogens is 559 g/mol. The third-order valence-corrected chi connectivity index (χ3v) is 6.21. The second-order valence-electron chi connectivity index (χ2n) is 7.69. The van der Waals surface area contributed by atoms with E-state index in [1.165, 1.54) is 12.1 Å². The molecule has 3 N–H and O–H groups in total. The van der Waals surface area contributed by atoms with Crippen LogP contribution in [0, 0.1) is 23.6 Å². The summed E-state index contributed by atoms with van der Waals surface area (Å²) in [5.74, 6) is -0.650. The molecule has 0 atom stereocenters. The number of hydrogen-bond acceptors (Lipinski definition) is 7. The number of carbonyl (C=O) groups is 2. The van der Waals surface area contributed by atoms with E-state index < -0.39 is 11.6 Å². The van der Waals surface area contributed by atoms with Gasteiger partial charge in [0.1, 0.15) is 19.4 Å². The number of methoxy groups -OCH3 is 1. The monoisotopic (exact) mass is 589 g/mol. The van der Waals surface area contributed by atoms with Gasteiger partial charge in [0, 0.05) is 36.8 Å². The fourth-order valence-corrected chi connectivity index (χ4v) is 4.28. The molecule has 212 valence electrons. The second kappa shape index (κ2) is 16.6. The molecule has 2 aromatic heterocycles. The number of pyridine rings is 2. The fourth-order valence-electron chi connectivity index (χ4n) is 3.65. The minimum atomic E-state index is -0.643. The summed E-state index contributed by atoms with van der Waals surface area (Å²) in [6, 6.07) is 7.93. The molecule has 0 bridgehead atoms. The van der Waals surface area contributed by atoms with E-state index >= 15 is 0 Å². The molecule has 0 saturated heterocycles. The van der Waals surface area contributed by atoms with Crippen LogP contribution in [0.1, 0.15) is 18.2 Å². The number of hydrogen-bond donors (Lipinski definition) is 3. The van der Waals surface area contributed by atoms with Crippen LogP contribution in [0.15, 0.2) is 61.1 Å². The van der Waals surface area contributed by atoms with E-state index in [4.69, 9.17) is 25.9 Å². The number of carbonyl (C=O) groups excluding carboxylic acids is 2. The van der Waals surface area contributed by atoms with E-state index in [0.717, 1.165) is 22.5 Å². The highest BCUT2D eigenvalue weighted by molar-refractivity contribution is 7.07. The Morgan fingerprint density at radius 1 is 1.20 bits per heavy atom. The largest absolute Gasteiger partial charge is 0.481 e. The van der Waals surface area contributed by atoms with Crippen LogP contribution in [0.5, 0.6) is 5.88 Å². The van der Waals surface area contributed by atoms with E-state index in [0.29, 0.717) is 21.5 Å². The topological polar surface area (TPSA) is 97.3 Å². The zero-order chi connectivity index (χ0) is 30.4. The summed E-state index contributed by atoms with van der Waals surface area (Å²) >= 11 is 5.66. The summed E-state index contributed by atoms with van der Waals surface area (Å²) in [7, 11) is 6.72. The first-order chi connectivity index (χ1) is 19.2. The van der Waals surface area contributed by atoms with Crippen molar-refractivity contribution in [1.82, 2.24) is 20.4 Å². The number of halogens is 3. The van der Waals surface area contributed by atoms with Gasteiger partial charge < -0.3 is 35.1 Å². The van der Waals surface area contributed by atoms with Crippen molar-refractivity contribution < 1.29 is 23.1 Å². The van der Waals surface area contributed by atoms with Gasteiger partial charge in [0.15, 0.2) is 5.82 Å². The first-order valence-corrected chi connectivity index (χ1v) is 12.3. The van der Waals surface area contributed by atoms with Crippen molar-refractivity contribution in [2.24, 2.45) is 0 Å². The quantitative estimate of drug-likeness (QED) is 0.301. The summed E-state index contributed by atoms with van der Waals surface area (Å²) in [6.45, 7) is 11.7. The number of anilines is 1. The highest BCUT2D eigenvalue weighted by Crippen LogP contribution is 2.33. The van der Waals surface area contributed by atoms with Crippen LogP contribution >= 0.6 is 20.5 Å². The number of benzene rings is 1. The summed E-state index contributed by atoms with van der Waals surface area (Å²) in [6.07, 6.45) is 6.84. The van der Waals surface area contributed by atoms with E-state index in [-0.39, 0.29) is 11.3 Å². The molecule has 12 heteroatoms. The zero-order valence-corrected chi connectivity index (χ0v) is 24.3. The Labute approximate surface area is 239 Å². The first kappa shape index (κ1) is 33.8. The van der Waals surface area contributed by atoms with Gasteiger partial charge in [-0.3, -0.25) is 0 Å². The van der Waals surface area contributed by atoms with Gasteiger partial charge in [-0.15, -0.1) is 0 Å². The average Bonchev–Trinajstić information content (AvgIpc) is 3.51. The molecule has 3 heterocycles. The molecule has 0 radical (unpaired) electrons. The number of hydrazine groups is 1. The van der Waals surface area contributed by atoms with Crippen LogP contribution in [0.25, 0.3) is 22.9 Å². The van der Waals surface area contributed by atoms with Crippen LogP contribution in [0.2, 0.25) is 5.02 Å². The average molecular weight is 590 g/mol. The van der Waals surface area contributed by atoms with E-state index in [1.54, 1.807) is 43.4 Å². The van der Waals surface area contributed by atoms with Crippen molar-refractivity contribution in [3.8, 4) is 17.0 Å². The van der Waals surface area contributed by atoms with Crippen LogP contribution in [0.4, 0.5) is 14.5 Å². The Morgan fingerprint density at radius 2 is 1.88 bits per heavy atom. The highest BCUT2D eigenvalue weighted by Gasteiger charge is 2.18. The molecule has 0 saturated carbocycles. The Balaban J connectivity index is 0.000000477. The Bertz CT molecular complexity index is 1460. The SMILES string of the molecule is C=Cn1c(/C(C)=C2\C=CNN2)ccc(-c2c(F)ccc(NC)c2F)c1=P.C=O.C=O.COc1ncc(Cl)cc1C. The van der Waals surface area contributed by atoms with E-state index in [2.05, 4.69) is 36.6 Å². The van der Waals surface area contributed by atoms with Crippen molar-refractivity contribution in [2.45, 2.75) is 13.8 Å². The third-order valence-electron chi connectivity index (χ3n) is 5.49. The van der Waals surface area contributed by atoms with Crippen LogP contribution in [-0.2, 0) is 9.59 Å². The lowest BCUT2D eigenvalue weighted by atomic mass is 10.0. The molecule has 0 fully saturated rings. The summed E-state index contributed by atoms with van der Waals surface area (Å²) in [4.78, 5) is 19.9. The molecule has 0 spiro atoms. The molecule has 3 aromatic rings. The fraction of sp³-hybridized carbons (Fsp3) is 0.143. The summed E-state index contributed by atoms with van der Waals surface area (Å²) < 4.78 is 35.8. The maximum Gasteiger partial charge on any atom is 0.216 e. The van der Waals surface area contributed by atoms with E-state index in [1.807, 2.05) is 45.6 Å². The van der Waals surface area contributed by atoms with Gasteiger partial charge in [-0.2, -0.15) is 0 Å². The van der Waals surface area contributed by atoms with Crippen LogP contribution in [-0.4, -0.2) is 37.3 Å². The van der Waals surface area contributed by atoms with Crippen molar-refractivity contribution >= 4 is 51.5 Å². The van der Waals surface area contributed by atoms with Crippen molar-refractivity contribution in [2.75, 3.05) is 19.5 Å². The van der Waals surface area contributed by atoms with E-state index in [9.17, 15) is 8.78 Å². The van der Waals surface area contributed by atoms with Gasteiger partial charge in [-0.1, -0.05) is 27.0 Å². The van der Waals surface area contributed by atoms with Gasteiger partial charge in [-0.25, -0.2) is 13.8 Å². The Hall–Kier alpha value is -4.27. The predicted molar refractivity (Wildman–Crippen MR) is 160 cm³/mol. The molecule has 0 unspecified atom stereocenters. The molecule has 8 nitrogen and oxygen atoms in total. The normalized spacial score (nSPS) is 12.1. The number of aromatic nitrogens is 2. The number of rotatable bonds is 5. The minimum absolute atomic E-state index is 0.102. The van der Waals surface area contributed by atoms with Crippen LogP contribution < -0.4 is 20.9 Å². The standard InChI is InChI=1S/C19H19F2N4P.C7H8ClNO.2CH2O/c1-4-25-16(11(2)14-9-10-23-24-14)8-5-12(19(25)26)17-13(20)6-7-15(22-3)18(17)21;1-5-3-6(8)4-9-7(5)10-2;2*1-2/h4-10,22-24,26H,1H2,2-3H3;3-4H,1-2H3;2*1H2/b14-11+;;;. The summed E-state index contributed by atoms with van der Waals surface area (Å²) in [5, 5.41) is 3.87. The number of allylic oxidation sites excluding steroid dienone is 2. The van der Waals surface area contributed by atoms with Gasteiger partial charge in [-0.05, 0) is 55.8 Å². The van der Waals surface area contributed by atoms with Crippen molar-refractivity contribution in [3.05, 3.63) is 94.1 Å². The maximum absolute atomic E-state index is 14.7. The summed E-state index contributed by atoms with van der Waals surface area (Å²) in [5.41, 5.74) is 10.1. The maximum atomic E-state index is 14.7. The lowest BCUT2D eigenvalue weighted by molar-refractivity contribution is -0.0987. The molecule has 0 amide bonds. The lowest BCUT2D eigenvalue weighted by Gasteiger charge is -2.17. The Morgan fingerprint density at radius 3 is 2.40 bits per heavy atom. The smallest absolute Gasteiger partial charge is 0.216 e. The van der Waals surface area contributed by atoms with Gasteiger partial charge >= 0.3 is 0 Å². The van der Waals surface area contributed by atoms with Gasteiger partial charge in [0.25, 0.3) is 0 Å². The van der Waals surface area contributed by atoms with Crippen molar-refractivity contribution in [1.29, 1.82) is 0 Å². The predicted octanol–water partition coefficient (Wildman–Crippen LogP) is 6.29. The molecule has 40 heavy (non-hydrogen) atoms. The Kier molecular flexibility index (Phi) is 14.0. The van der Waals surface area contributed by atoms with Gasteiger partial charge in [0.2, 0.25) is 5.88 Å². The minimum Gasteiger partial charge on any atom is -0.481 e. The molecule has 0 aliphatic carbocycles. The number of nitrogens with zero attached hydrogens (tertiary/aromatic N) is 2. The lowest BCUT2D eigenvalue weighted by Crippen LogP contribution is -2.20. The van der Waals surface area contributed by atoms with Crippen LogP contribution in [0.3, 0.4) is 0 Å².